The predicted molar refractivity (Wildman–Crippen MR) is 108 cm³/mol. The number of ether oxygens (including phenoxy) is 1. The largest absolute Gasteiger partial charge is 0.417 e. The minimum Gasteiger partial charge on any atom is -0.381 e. The Hall–Kier alpha value is -1.67. The average Bonchev–Trinajstić information content (AvgIpc) is 3.28. The summed E-state index contributed by atoms with van der Waals surface area (Å²) in [7, 11) is 0. The normalized spacial score (nSPS) is 33.7. The lowest BCUT2D eigenvalue weighted by Gasteiger charge is -2.33. The van der Waals surface area contributed by atoms with Crippen LogP contribution in [0.25, 0.3) is 0 Å². The summed E-state index contributed by atoms with van der Waals surface area (Å²) in [4.78, 5) is 19.5. The second-order valence-corrected chi connectivity index (χ2v) is 9.88. The number of rotatable bonds is 3. The summed E-state index contributed by atoms with van der Waals surface area (Å²) >= 11 is 0. The molecular weight excluding hydrogens is 407 g/mol. The van der Waals surface area contributed by atoms with Crippen LogP contribution in [0.3, 0.4) is 0 Å². The fraction of sp³-hybridized carbons (Fsp3) is 0.739. The molecule has 8 heteroatoms. The fourth-order valence-electron chi connectivity index (χ4n) is 6.28. The van der Waals surface area contributed by atoms with Crippen molar-refractivity contribution < 1.29 is 22.7 Å². The third kappa shape index (κ3) is 3.65. The molecule has 1 aromatic heterocycles. The van der Waals surface area contributed by atoms with Crippen LogP contribution in [0.1, 0.15) is 55.8 Å². The van der Waals surface area contributed by atoms with Gasteiger partial charge in [-0.2, -0.15) is 13.2 Å². The molecule has 1 aliphatic carbocycles. The molecule has 1 saturated carbocycles. The molecule has 5 rings (SSSR count). The van der Waals surface area contributed by atoms with Crippen molar-refractivity contribution in [3.8, 4) is 0 Å². The molecule has 2 saturated heterocycles. The standard InChI is InChI=1S/C23H30F3N3O2/c1-14-20-9-19-16(8-17(12-28-19)23(24,25)26)13-29(20)21(30)22(14)5-2-18(10-22)27-11-15-3-6-31-7-4-15/h8,12,14-15,18,20,27H,2-7,9-11,13H2,1H3/t14?,18-,20?,22+/m1/s1. The molecule has 31 heavy (non-hydrogen) atoms. The van der Waals surface area contributed by atoms with E-state index in [4.69, 9.17) is 4.74 Å². The first-order valence-corrected chi connectivity index (χ1v) is 11.4. The number of halogens is 3. The third-order valence-corrected chi connectivity index (χ3v) is 8.25. The van der Waals surface area contributed by atoms with E-state index < -0.39 is 17.2 Å². The molecule has 4 aliphatic rings. The van der Waals surface area contributed by atoms with Gasteiger partial charge in [-0.15, -0.1) is 0 Å². The van der Waals surface area contributed by atoms with Gasteiger partial charge in [0.15, 0.2) is 0 Å². The number of aromatic nitrogens is 1. The summed E-state index contributed by atoms with van der Waals surface area (Å²) in [5, 5.41) is 3.70. The Morgan fingerprint density at radius 3 is 2.81 bits per heavy atom. The van der Waals surface area contributed by atoms with Gasteiger partial charge in [0.05, 0.1) is 11.0 Å². The smallest absolute Gasteiger partial charge is 0.381 e. The highest BCUT2D eigenvalue weighted by Crippen LogP contribution is 2.54. The van der Waals surface area contributed by atoms with Crippen LogP contribution in [-0.4, -0.2) is 47.6 Å². The van der Waals surface area contributed by atoms with Gasteiger partial charge in [0.25, 0.3) is 0 Å². The summed E-state index contributed by atoms with van der Waals surface area (Å²) in [6.07, 6.45) is 1.87. The molecule has 3 fully saturated rings. The average molecular weight is 438 g/mol. The Kier molecular flexibility index (Phi) is 5.28. The highest BCUT2D eigenvalue weighted by atomic mass is 19.4. The Bertz CT molecular complexity index is 855. The van der Waals surface area contributed by atoms with Gasteiger partial charge < -0.3 is 15.0 Å². The molecule has 5 nitrogen and oxygen atoms in total. The predicted octanol–water partition coefficient (Wildman–Crippen LogP) is 3.56. The molecule has 1 amide bonds. The Balaban J connectivity index is 1.29. The van der Waals surface area contributed by atoms with E-state index in [0.29, 0.717) is 29.6 Å². The SMILES string of the molecule is CC1C2Cc3ncc(C(F)(F)F)cc3CN2C(=O)[C@]12CC[C@@H](NCC1CCOCC1)C2. The van der Waals surface area contributed by atoms with Crippen LogP contribution >= 0.6 is 0 Å². The van der Waals surface area contributed by atoms with Crippen molar-refractivity contribution in [1.29, 1.82) is 0 Å². The third-order valence-electron chi connectivity index (χ3n) is 8.25. The summed E-state index contributed by atoms with van der Waals surface area (Å²) in [6, 6.07) is 1.53. The first kappa shape index (κ1) is 21.2. The number of hydrogen-bond donors (Lipinski definition) is 1. The Labute approximate surface area is 180 Å². The van der Waals surface area contributed by atoms with E-state index in [1.165, 1.54) is 6.07 Å². The van der Waals surface area contributed by atoms with Gasteiger partial charge in [0.1, 0.15) is 0 Å². The molecule has 1 aromatic rings. The van der Waals surface area contributed by atoms with Crippen LogP contribution in [0.2, 0.25) is 0 Å². The van der Waals surface area contributed by atoms with Gasteiger partial charge in [-0.3, -0.25) is 9.78 Å². The van der Waals surface area contributed by atoms with Crippen molar-refractivity contribution in [2.75, 3.05) is 19.8 Å². The number of carbonyl (C=O) groups is 1. The lowest BCUT2D eigenvalue weighted by Crippen LogP contribution is -2.40. The highest BCUT2D eigenvalue weighted by molar-refractivity contribution is 5.87. The highest BCUT2D eigenvalue weighted by Gasteiger charge is 2.60. The Morgan fingerprint density at radius 1 is 1.29 bits per heavy atom. The molecule has 170 valence electrons. The summed E-state index contributed by atoms with van der Waals surface area (Å²) in [5.74, 6) is 0.937. The van der Waals surface area contributed by atoms with Crippen molar-refractivity contribution in [2.45, 2.75) is 70.3 Å². The molecule has 4 atom stereocenters. The molecular formula is C23H30F3N3O2. The quantitative estimate of drug-likeness (QED) is 0.786. The van der Waals surface area contributed by atoms with Gasteiger partial charge in [0, 0.05) is 50.2 Å². The maximum Gasteiger partial charge on any atom is 0.417 e. The molecule has 0 aromatic carbocycles. The zero-order valence-corrected chi connectivity index (χ0v) is 17.9. The number of pyridine rings is 1. The molecule has 0 radical (unpaired) electrons. The van der Waals surface area contributed by atoms with Crippen LogP contribution in [-0.2, 0) is 28.7 Å². The minimum atomic E-state index is -4.42. The second-order valence-electron chi connectivity index (χ2n) is 9.88. The van der Waals surface area contributed by atoms with Crippen LogP contribution in [0.5, 0.6) is 0 Å². The van der Waals surface area contributed by atoms with Crippen molar-refractivity contribution in [2.24, 2.45) is 17.3 Å². The van der Waals surface area contributed by atoms with Gasteiger partial charge in [-0.1, -0.05) is 6.92 Å². The molecule has 3 aliphatic heterocycles. The van der Waals surface area contributed by atoms with E-state index >= 15 is 0 Å². The lowest BCUT2D eigenvalue weighted by atomic mass is 9.73. The number of nitrogens with zero attached hydrogens (tertiary/aromatic N) is 2. The van der Waals surface area contributed by atoms with E-state index in [9.17, 15) is 18.0 Å². The molecule has 1 N–H and O–H groups in total. The first-order valence-electron chi connectivity index (χ1n) is 11.4. The van der Waals surface area contributed by atoms with Crippen molar-refractivity contribution >= 4 is 5.91 Å². The topological polar surface area (TPSA) is 54.5 Å². The number of amides is 1. The van der Waals surface area contributed by atoms with Crippen LogP contribution in [0.4, 0.5) is 13.2 Å². The Morgan fingerprint density at radius 2 is 2.06 bits per heavy atom. The first-order chi connectivity index (χ1) is 14.8. The minimum absolute atomic E-state index is 0.0264. The van der Waals surface area contributed by atoms with Gasteiger partial charge in [-0.05, 0) is 62.1 Å². The van der Waals surface area contributed by atoms with Crippen molar-refractivity contribution in [1.82, 2.24) is 15.2 Å². The van der Waals surface area contributed by atoms with Gasteiger partial charge >= 0.3 is 6.18 Å². The zero-order valence-electron chi connectivity index (χ0n) is 17.9. The maximum atomic E-state index is 13.6. The van der Waals surface area contributed by atoms with Gasteiger partial charge in [0.2, 0.25) is 5.91 Å². The van der Waals surface area contributed by atoms with Crippen LogP contribution in [0.15, 0.2) is 12.3 Å². The van der Waals surface area contributed by atoms with E-state index in [1.54, 1.807) is 0 Å². The molecule has 1 spiro atoms. The molecule has 2 unspecified atom stereocenters. The number of alkyl halides is 3. The monoisotopic (exact) mass is 437 g/mol. The van der Waals surface area contributed by atoms with E-state index in [-0.39, 0.29) is 24.4 Å². The van der Waals surface area contributed by atoms with Gasteiger partial charge in [-0.25, -0.2) is 0 Å². The van der Waals surface area contributed by atoms with Crippen molar-refractivity contribution in [3.63, 3.8) is 0 Å². The van der Waals surface area contributed by atoms with Crippen LogP contribution in [0, 0.1) is 17.3 Å². The summed E-state index contributed by atoms with van der Waals surface area (Å²) in [6.45, 7) is 5.02. The lowest BCUT2D eigenvalue weighted by molar-refractivity contribution is -0.138. The van der Waals surface area contributed by atoms with E-state index in [2.05, 4.69) is 17.2 Å². The second kappa shape index (κ2) is 7.73. The van der Waals surface area contributed by atoms with Crippen molar-refractivity contribution in [3.05, 3.63) is 29.1 Å². The molecule has 4 heterocycles. The van der Waals surface area contributed by atoms with E-state index in [0.717, 1.165) is 58.1 Å². The van der Waals surface area contributed by atoms with E-state index in [1.807, 2.05) is 4.90 Å². The zero-order chi connectivity index (χ0) is 21.8. The number of nitrogens with one attached hydrogen (secondary N) is 1. The number of hydrogen-bond acceptors (Lipinski definition) is 4. The number of carbonyl (C=O) groups excluding carboxylic acids is 1. The summed E-state index contributed by atoms with van der Waals surface area (Å²) < 4.78 is 44.8. The summed E-state index contributed by atoms with van der Waals surface area (Å²) in [5.41, 5.74) is 0.110. The number of fused-ring (bicyclic) bond motifs is 2. The van der Waals surface area contributed by atoms with Crippen LogP contribution < -0.4 is 5.32 Å². The fourth-order valence-corrected chi connectivity index (χ4v) is 6.28. The molecule has 0 bridgehead atoms. The maximum absolute atomic E-state index is 13.6.